The number of halogens is 2. The molecule has 0 aliphatic carbocycles. The molecule has 0 saturated heterocycles. The molecule has 1 atom stereocenters. The minimum Gasteiger partial charge on any atom is -0.493 e. The number of hydrogen-bond donors (Lipinski definition) is 0. The van der Waals surface area contributed by atoms with Gasteiger partial charge in [0, 0.05) is 33.6 Å². The van der Waals surface area contributed by atoms with Gasteiger partial charge in [0.05, 0.1) is 12.8 Å². The van der Waals surface area contributed by atoms with Gasteiger partial charge in [-0.2, -0.15) is 0 Å². The number of anilines is 1. The summed E-state index contributed by atoms with van der Waals surface area (Å²) in [6.07, 6.45) is -0.368. The first-order chi connectivity index (χ1) is 17.1. The van der Waals surface area contributed by atoms with Gasteiger partial charge in [-0.25, -0.2) is 5.01 Å². The molecule has 0 N–H and O–H groups in total. The number of rotatable bonds is 7. The smallest absolute Gasteiger partial charge is 0.196 e. The van der Waals surface area contributed by atoms with Gasteiger partial charge in [-0.3, -0.25) is 4.79 Å². The fourth-order valence-corrected chi connectivity index (χ4v) is 4.72. The lowest BCUT2D eigenvalue weighted by atomic mass is 10.0. The van der Waals surface area contributed by atoms with Gasteiger partial charge >= 0.3 is 0 Å². The highest BCUT2D eigenvalue weighted by Crippen LogP contribution is 2.42. The van der Waals surface area contributed by atoms with Crippen molar-refractivity contribution in [1.82, 2.24) is 4.90 Å². The zero-order valence-electron chi connectivity index (χ0n) is 21.0. The number of amidine groups is 1. The number of ketones is 1. The number of hydrogen-bond acceptors (Lipinski definition) is 6. The summed E-state index contributed by atoms with van der Waals surface area (Å²) in [4.78, 5) is 14.7. The average molecular weight is 526 g/mol. The second kappa shape index (κ2) is 10.4. The van der Waals surface area contributed by atoms with Crippen LogP contribution < -0.4 is 14.5 Å². The van der Waals surface area contributed by atoms with Crippen molar-refractivity contribution in [2.75, 3.05) is 12.1 Å². The van der Waals surface area contributed by atoms with Crippen LogP contribution in [-0.4, -0.2) is 29.2 Å². The van der Waals surface area contributed by atoms with Crippen molar-refractivity contribution in [2.45, 2.75) is 46.0 Å². The summed E-state index contributed by atoms with van der Waals surface area (Å²) in [5.41, 5.74) is 2.09. The third kappa shape index (κ3) is 5.15. The van der Waals surface area contributed by atoms with Crippen molar-refractivity contribution in [3.05, 3.63) is 87.9 Å². The molecule has 8 heteroatoms. The SMILES string of the molecule is COc1cc([C@@H]2N(c3ccccc3)N=C(C(C)=O)N2C(C)(C)C)ccc1OCc1c(Cl)cccc1Cl. The van der Waals surface area contributed by atoms with E-state index in [0.29, 0.717) is 32.9 Å². The van der Waals surface area contributed by atoms with Gasteiger partial charge < -0.3 is 14.4 Å². The van der Waals surface area contributed by atoms with E-state index in [2.05, 4.69) is 20.8 Å². The fourth-order valence-electron chi connectivity index (χ4n) is 4.21. The molecule has 36 heavy (non-hydrogen) atoms. The van der Waals surface area contributed by atoms with Crippen LogP contribution in [0.25, 0.3) is 0 Å². The summed E-state index contributed by atoms with van der Waals surface area (Å²) < 4.78 is 11.8. The standard InChI is InChI=1S/C28H29Cl2N3O3/c1-18(34)26-31-33(20-10-7-6-8-11-20)27(32(26)28(2,3)4)19-14-15-24(25(16-19)35-5)36-17-21-22(29)12-9-13-23(21)30/h6-16,27H,17H2,1-5H3/t27-/m0/s1. The van der Waals surface area contributed by atoms with Crippen LogP contribution in [0.1, 0.15) is 45.0 Å². The molecule has 1 aliphatic rings. The third-order valence-corrected chi connectivity index (χ3v) is 6.59. The molecule has 0 bridgehead atoms. The number of para-hydroxylation sites is 1. The van der Waals surface area contributed by atoms with Crippen LogP contribution in [0.3, 0.4) is 0 Å². The maximum Gasteiger partial charge on any atom is 0.196 e. The van der Waals surface area contributed by atoms with Crippen LogP contribution in [0, 0.1) is 0 Å². The van der Waals surface area contributed by atoms with Crippen molar-refractivity contribution in [3.63, 3.8) is 0 Å². The summed E-state index contributed by atoms with van der Waals surface area (Å²) >= 11 is 12.6. The Morgan fingerprint density at radius 1 is 0.972 bits per heavy atom. The number of methoxy groups -OCH3 is 1. The maximum absolute atomic E-state index is 12.6. The predicted octanol–water partition coefficient (Wildman–Crippen LogP) is 7.10. The number of benzene rings is 3. The van der Waals surface area contributed by atoms with E-state index in [1.165, 1.54) is 0 Å². The Morgan fingerprint density at radius 3 is 2.22 bits per heavy atom. The van der Waals surface area contributed by atoms with Crippen molar-refractivity contribution in [1.29, 1.82) is 0 Å². The second-order valence-electron chi connectivity index (χ2n) is 9.47. The lowest BCUT2D eigenvalue weighted by Gasteiger charge is -2.40. The summed E-state index contributed by atoms with van der Waals surface area (Å²) in [6.45, 7) is 7.93. The van der Waals surface area contributed by atoms with Crippen LogP contribution >= 0.6 is 23.2 Å². The second-order valence-corrected chi connectivity index (χ2v) is 10.3. The van der Waals surface area contributed by atoms with Gasteiger partial charge in [-0.1, -0.05) is 53.5 Å². The van der Waals surface area contributed by atoms with Gasteiger partial charge in [-0.05, 0) is 57.2 Å². The zero-order chi connectivity index (χ0) is 26.0. The van der Waals surface area contributed by atoms with Crippen molar-refractivity contribution >= 4 is 40.5 Å². The van der Waals surface area contributed by atoms with E-state index in [-0.39, 0.29) is 24.1 Å². The highest BCUT2D eigenvalue weighted by molar-refractivity contribution is 6.38. The van der Waals surface area contributed by atoms with Gasteiger partial charge in [0.25, 0.3) is 0 Å². The van der Waals surface area contributed by atoms with E-state index in [1.807, 2.05) is 58.4 Å². The van der Waals surface area contributed by atoms with Gasteiger partial charge in [0.15, 0.2) is 29.3 Å². The molecule has 0 aromatic heterocycles. The average Bonchev–Trinajstić information content (AvgIpc) is 3.26. The number of ether oxygens (including phenoxy) is 2. The Hall–Kier alpha value is -3.22. The molecular formula is C28H29Cl2N3O3. The number of carbonyl (C=O) groups excluding carboxylic acids is 1. The quantitative estimate of drug-likeness (QED) is 0.329. The topological polar surface area (TPSA) is 54.4 Å². The molecule has 0 amide bonds. The normalized spacial score (nSPS) is 15.6. The van der Waals surface area contributed by atoms with E-state index < -0.39 is 0 Å². The molecule has 0 radical (unpaired) electrons. The minimum atomic E-state index is -0.387. The van der Waals surface area contributed by atoms with Crippen LogP contribution in [0.5, 0.6) is 11.5 Å². The highest BCUT2D eigenvalue weighted by atomic mass is 35.5. The van der Waals surface area contributed by atoms with Gasteiger partial charge in [0.2, 0.25) is 0 Å². The van der Waals surface area contributed by atoms with Gasteiger partial charge in [0.1, 0.15) is 6.61 Å². The van der Waals surface area contributed by atoms with E-state index >= 15 is 0 Å². The Kier molecular flexibility index (Phi) is 7.48. The molecule has 6 nitrogen and oxygen atoms in total. The molecule has 1 heterocycles. The summed E-state index contributed by atoms with van der Waals surface area (Å²) in [5, 5.41) is 7.72. The first kappa shape index (κ1) is 25.9. The van der Waals surface area contributed by atoms with Crippen LogP contribution in [0.2, 0.25) is 10.0 Å². The van der Waals surface area contributed by atoms with Crippen LogP contribution in [0.15, 0.2) is 71.8 Å². The highest BCUT2D eigenvalue weighted by Gasteiger charge is 2.43. The summed E-state index contributed by atoms with van der Waals surface area (Å²) in [5.74, 6) is 1.41. The monoisotopic (exact) mass is 525 g/mol. The molecule has 4 rings (SSSR count). The maximum atomic E-state index is 12.6. The summed E-state index contributed by atoms with van der Waals surface area (Å²) in [6, 6.07) is 20.9. The molecule has 188 valence electrons. The Bertz CT molecular complexity index is 1270. The Morgan fingerprint density at radius 2 is 1.64 bits per heavy atom. The van der Waals surface area contributed by atoms with Crippen molar-refractivity contribution in [3.8, 4) is 11.5 Å². The number of hydrazone groups is 1. The van der Waals surface area contributed by atoms with E-state index in [4.69, 9.17) is 37.8 Å². The first-order valence-corrected chi connectivity index (χ1v) is 12.3. The lowest BCUT2D eigenvalue weighted by molar-refractivity contribution is -0.112. The van der Waals surface area contributed by atoms with E-state index in [9.17, 15) is 4.79 Å². The first-order valence-electron chi connectivity index (χ1n) is 11.6. The van der Waals surface area contributed by atoms with Crippen LogP contribution in [0.4, 0.5) is 5.69 Å². The van der Waals surface area contributed by atoms with E-state index in [1.54, 1.807) is 32.2 Å². The number of nitrogens with zero attached hydrogens (tertiary/aromatic N) is 3. The number of carbonyl (C=O) groups is 1. The molecule has 0 spiro atoms. The molecule has 0 saturated carbocycles. The van der Waals surface area contributed by atoms with E-state index in [0.717, 1.165) is 11.3 Å². The minimum absolute atomic E-state index is 0.100. The fraction of sp³-hybridized carbons (Fsp3) is 0.286. The molecular weight excluding hydrogens is 497 g/mol. The Balaban J connectivity index is 1.73. The predicted molar refractivity (Wildman–Crippen MR) is 145 cm³/mol. The molecule has 0 unspecified atom stereocenters. The number of Topliss-reactive ketones (excluding diaryl/α,β-unsaturated/α-hetero) is 1. The molecule has 3 aromatic carbocycles. The van der Waals surface area contributed by atoms with Crippen molar-refractivity contribution < 1.29 is 14.3 Å². The van der Waals surface area contributed by atoms with Crippen LogP contribution in [-0.2, 0) is 11.4 Å². The Labute approximate surface area is 222 Å². The third-order valence-electron chi connectivity index (χ3n) is 5.88. The van der Waals surface area contributed by atoms with Crippen molar-refractivity contribution in [2.24, 2.45) is 5.10 Å². The molecule has 1 aliphatic heterocycles. The molecule has 3 aromatic rings. The lowest BCUT2D eigenvalue weighted by Crippen LogP contribution is -2.49. The zero-order valence-corrected chi connectivity index (χ0v) is 22.5. The summed E-state index contributed by atoms with van der Waals surface area (Å²) in [7, 11) is 1.59. The molecule has 0 fully saturated rings. The largest absolute Gasteiger partial charge is 0.493 e. The van der Waals surface area contributed by atoms with Gasteiger partial charge in [-0.15, -0.1) is 5.10 Å².